The van der Waals surface area contributed by atoms with Crippen molar-refractivity contribution in [1.29, 1.82) is 0 Å². The smallest absolute Gasteiger partial charge is 0.410 e. The standard InChI is InChI=1S/C26H36N2O10.C26H38N2O8.C21H29N5O4S.C19H31NO6.C8H9NO4.CH3F.FH/c1-21-18-23(28(30)31)19-24(25(21)32-2)37-17-16-36-15-14-35-13-12-34-11-10-33-9-8-27-26(29)38-20-22-6-4-3-5-7-22;1-21-18-23(27)19-24(25(21)30-2)35-17-16-34-15-14-33-13-12-32-11-10-31-9-8-28-26(29)36-20-22-6-4-3-5-7-22;1-6-16-14-25(11-12-26(16)20(27)30-21(2,3)4)18-8-7-15(13-23-18)17-9-10-22-19(24-17)31(5,28)29;1-2-9-22-11-13-24-15-16-25-14-12-23-10-8-20-19(21)26-17-18-6-4-3-5-7-18;1-5-3-6(9(11)12)4-7(10)8(5)13-2;1-2;/h3-7,18-19H,8-17,20H2,1-2H3,(H,27,29);3-7,18-19H,8-17,20,27H2,1-2H3,(H,28,29);7-10,13,16H,6,11-12,14H2,1-5H3;3-7H,2,8-17H2,1H3,(H,20,21);3-4,10H,1-2H3;1H3;1H. The van der Waals surface area contributed by atoms with Crippen molar-refractivity contribution in [3.05, 3.63) is 212 Å². The number of aromatic nitrogens is 3. The first-order valence-electron chi connectivity index (χ1n) is 47.4. The summed E-state index contributed by atoms with van der Waals surface area (Å²) in [5, 5.41) is 38.4. The van der Waals surface area contributed by atoms with E-state index in [4.69, 9.17) is 105 Å². The Hall–Kier alpha value is -12.8. The zero-order valence-electron chi connectivity index (χ0n) is 86.3. The van der Waals surface area contributed by atoms with Crippen LogP contribution in [0.2, 0.25) is 0 Å². The second-order valence-electron chi connectivity index (χ2n) is 32.1. The van der Waals surface area contributed by atoms with Gasteiger partial charge in [0.2, 0.25) is 15.0 Å². The van der Waals surface area contributed by atoms with Gasteiger partial charge in [0.15, 0.2) is 34.5 Å². The number of nitrogens with one attached hydrogen (secondary N) is 3. The van der Waals surface area contributed by atoms with Crippen LogP contribution < -0.4 is 50.3 Å². The molecule has 3 heterocycles. The number of anilines is 2. The van der Waals surface area contributed by atoms with Gasteiger partial charge >= 0.3 is 24.4 Å². The van der Waals surface area contributed by atoms with E-state index in [-0.39, 0.29) is 71.3 Å². The van der Waals surface area contributed by atoms with Crippen LogP contribution in [0.15, 0.2) is 163 Å². The number of carbonyl (C=O) groups is 4. The fourth-order valence-electron chi connectivity index (χ4n) is 12.7. The first-order valence-corrected chi connectivity index (χ1v) is 49.3. The number of carbonyl (C=O) groups excluding carboxylic acids is 4. The largest absolute Gasteiger partial charge is 0.504 e. The van der Waals surface area contributed by atoms with Crippen LogP contribution in [0.4, 0.5) is 51.2 Å². The summed E-state index contributed by atoms with van der Waals surface area (Å²) in [4.78, 5) is 84.0. The number of pyridine rings is 1. The minimum absolute atomic E-state index is 0. The SMILES string of the molecule is CCC1CN(c2ccc(-c3ccnc(S(C)(=O)=O)n3)cn2)CCN1C(=O)OC(C)(C)C.CCCOCCOCCOCCOCCNC(=O)OCc1ccccc1.CF.COc1c(C)cc(N)cc1OCCOCCOCCOCCOCCNC(=O)OCc1ccccc1.COc1c(C)cc([N+](=O)[O-])cc1O.COc1c(C)cc([N+](=O)[O-])cc1OCCOCCOCCOCCOCCNC(=O)OCc1ccccc1.F. The Kier molecular flexibility index (Phi) is 67.7. The zero-order chi connectivity index (χ0) is 107. The van der Waals surface area contributed by atoms with Gasteiger partial charge < -0.3 is 136 Å². The number of nitro benzene ring substituents is 2. The molecule has 4 amide bonds. The molecule has 1 aliphatic heterocycles. The molecule has 9 rings (SSSR count). The third kappa shape index (κ3) is 57.2. The lowest BCUT2D eigenvalue weighted by atomic mass is 10.1. The van der Waals surface area contributed by atoms with Crippen LogP contribution in [0.25, 0.3) is 11.3 Å². The van der Waals surface area contributed by atoms with Gasteiger partial charge in [0.25, 0.3) is 11.4 Å². The molecule has 0 aliphatic carbocycles. The number of benzene rings is 6. The number of nitro groups is 2. The molecule has 2 aromatic heterocycles. The molecular weight excluding hydrogens is 1950 g/mol. The topological polar surface area (TPSA) is 510 Å². The average molecular weight is 2100 g/mol. The van der Waals surface area contributed by atoms with E-state index >= 15 is 0 Å². The maximum atomic E-state index is 12.5. The lowest BCUT2D eigenvalue weighted by Crippen LogP contribution is -2.56. The number of alkyl carbamates (subject to hydrolysis) is 3. The normalized spacial score (nSPS) is 11.9. The van der Waals surface area contributed by atoms with E-state index in [1.54, 1.807) is 44.2 Å². The fourth-order valence-corrected chi connectivity index (χ4v) is 13.2. The number of hydrogen-bond acceptors (Lipinski definition) is 37. The van der Waals surface area contributed by atoms with Crippen molar-refractivity contribution >= 4 is 57.1 Å². The summed E-state index contributed by atoms with van der Waals surface area (Å²) in [7, 11) is 1.50. The Morgan fingerprint density at radius 3 is 1.19 bits per heavy atom. The summed E-state index contributed by atoms with van der Waals surface area (Å²) >= 11 is 0. The Morgan fingerprint density at radius 2 is 0.844 bits per heavy atom. The van der Waals surface area contributed by atoms with Crippen molar-refractivity contribution in [3.63, 3.8) is 0 Å². The number of aromatic hydroxyl groups is 1. The molecular formula is C101H147F2N11O32S. The number of ether oxygens (including phenoxy) is 21. The first kappa shape index (κ1) is 128. The van der Waals surface area contributed by atoms with Crippen molar-refractivity contribution in [1.82, 2.24) is 35.8 Å². The summed E-state index contributed by atoms with van der Waals surface area (Å²) in [6.45, 7) is 30.3. The molecule has 1 fully saturated rings. The highest BCUT2D eigenvalue weighted by Crippen LogP contribution is 2.37. The van der Waals surface area contributed by atoms with E-state index in [0.717, 1.165) is 59.8 Å². The van der Waals surface area contributed by atoms with Crippen LogP contribution >= 0.6 is 0 Å². The lowest BCUT2D eigenvalue weighted by molar-refractivity contribution is -0.385. The number of piperazine rings is 1. The minimum atomic E-state index is -3.48. The Morgan fingerprint density at radius 1 is 0.483 bits per heavy atom. The van der Waals surface area contributed by atoms with E-state index in [9.17, 15) is 57.3 Å². The van der Waals surface area contributed by atoms with Gasteiger partial charge in [-0.15, -0.1) is 0 Å². The number of rotatable bonds is 61. The van der Waals surface area contributed by atoms with Crippen molar-refractivity contribution in [3.8, 4) is 45.8 Å². The molecule has 0 saturated carbocycles. The van der Waals surface area contributed by atoms with Gasteiger partial charge in [-0.2, -0.15) is 0 Å². The first-order chi connectivity index (χ1) is 70.5. The van der Waals surface area contributed by atoms with Gasteiger partial charge in [0.05, 0.1) is 214 Å². The highest BCUT2D eigenvalue weighted by Gasteiger charge is 2.33. The molecule has 147 heavy (non-hydrogen) atoms. The number of alkyl halides is 1. The van der Waals surface area contributed by atoms with E-state index in [0.29, 0.717) is 256 Å². The number of phenolic OH excluding ortho intramolecular Hbond substituents is 1. The Labute approximate surface area is 858 Å². The van der Waals surface area contributed by atoms with Crippen LogP contribution in [0.5, 0.6) is 34.5 Å². The fraction of sp³-hybridized carbons (Fsp3) is 0.515. The molecule has 1 unspecified atom stereocenters. The number of amides is 4. The highest BCUT2D eigenvalue weighted by atomic mass is 32.2. The van der Waals surface area contributed by atoms with Gasteiger partial charge in [-0.3, -0.25) is 29.3 Å². The van der Waals surface area contributed by atoms with Crippen molar-refractivity contribution in [2.75, 3.05) is 256 Å². The van der Waals surface area contributed by atoms with Crippen LogP contribution in [0.1, 0.15) is 80.8 Å². The van der Waals surface area contributed by atoms with E-state index in [2.05, 4.69) is 49.6 Å². The number of sulfone groups is 1. The lowest BCUT2D eigenvalue weighted by Gasteiger charge is -2.41. The molecule has 1 saturated heterocycles. The summed E-state index contributed by atoms with van der Waals surface area (Å²) in [5.74, 6) is 2.89. The number of halogens is 2. The van der Waals surface area contributed by atoms with Crippen LogP contribution in [-0.4, -0.2) is 325 Å². The number of methoxy groups -OCH3 is 3. The van der Waals surface area contributed by atoms with E-state index < -0.39 is 43.6 Å². The molecule has 0 bridgehead atoms. The maximum Gasteiger partial charge on any atom is 0.410 e. The highest BCUT2D eigenvalue weighted by molar-refractivity contribution is 7.90. The maximum absolute atomic E-state index is 12.5. The Bertz CT molecular complexity index is 5040. The van der Waals surface area contributed by atoms with Crippen LogP contribution in [0.3, 0.4) is 0 Å². The monoisotopic (exact) mass is 2100 g/mol. The summed E-state index contributed by atoms with van der Waals surface area (Å²) in [5.41, 5.74) is 11.8. The minimum Gasteiger partial charge on any atom is -0.504 e. The summed E-state index contributed by atoms with van der Waals surface area (Å²) in [6.07, 6.45) is 4.32. The predicted molar refractivity (Wildman–Crippen MR) is 545 cm³/mol. The number of non-ortho nitro benzene ring substituents is 2. The third-order valence-electron chi connectivity index (χ3n) is 19.5. The molecule has 818 valence electrons. The molecule has 6 aromatic carbocycles. The van der Waals surface area contributed by atoms with Gasteiger partial charge in [-0.05, 0) is 101 Å². The molecule has 0 radical (unpaired) electrons. The number of aryl methyl sites for hydroxylation is 3. The summed E-state index contributed by atoms with van der Waals surface area (Å²) < 4.78 is 145. The Balaban J connectivity index is 0.000000482. The molecule has 43 nitrogen and oxygen atoms in total. The van der Waals surface area contributed by atoms with Gasteiger partial charge in [0, 0.05) is 105 Å². The number of nitrogens with zero attached hydrogens (tertiary/aromatic N) is 7. The molecule has 0 spiro atoms. The number of nitrogens with two attached hydrogens (primary N) is 1. The van der Waals surface area contributed by atoms with E-state index in [1.165, 1.54) is 38.6 Å². The third-order valence-corrected chi connectivity index (χ3v) is 20.4. The van der Waals surface area contributed by atoms with Gasteiger partial charge in [0.1, 0.15) is 44.5 Å². The van der Waals surface area contributed by atoms with Gasteiger partial charge in [-0.1, -0.05) is 105 Å². The molecule has 1 aliphatic rings. The second kappa shape index (κ2) is 77.6. The summed E-state index contributed by atoms with van der Waals surface area (Å²) in [6, 6.07) is 42.7. The van der Waals surface area contributed by atoms with Crippen molar-refractivity contribution in [2.45, 2.75) is 105 Å². The van der Waals surface area contributed by atoms with Crippen molar-refractivity contribution in [2.24, 2.45) is 0 Å². The van der Waals surface area contributed by atoms with Crippen LogP contribution in [-0.2, 0) is 105 Å². The van der Waals surface area contributed by atoms with E-state index in [1.807, 2.05) is 137 Å². The number of phenols is 1. The average Bonchev–Trinajstić information content (AvgIpc) is 0.809. The number of nitrogen functional groups attached to an aromatic ring is 1. The molecule has 46 heteroatoms. The second-order valence-corrected chi connectivity index (χ2v) is 34.0. The van der Waals surface area contributed by atoms with Crippen LogP contribution in [0, 0.1) is 41.0 Å². The quantitative estimate of drug-likeness (QED) is 0.00590. The predicted octanol–water partition coefficient (Wildman–Crippen LogP) is 13.8. The van der Waals surface area contributed by atoms with Crippen molar-refractivity contribution < 1.29 is 151 Å². The molecule has 8 aromatic rings. The van der Waals surface area contributed by atoms with Gasteiger partial charge in [-0.25, -0.2) is 42.5 Å². The molecule has 1 atom stereocenters. The molecule has 6 N–H and O–H groups in total. The zero-order valence-corrected chi connectivity index (χ0v) is 87.1. The number of hydrogen-bond donors (Lipinski definition) is 5.